The van der Waals surface area contributed by atoms with Crippen molar-refractivity contribution in [3.63, 3.8) is 0 Å². The summed E-state index contributed by atoms with van der Waals surface area (Å²) < 4.78 is 37.2. The van der Waals surface area contributed by atoms with Crippen LogP contribution in [0.1, 0.15) is 46.0 Å². The molecule has 3 fully saturated rings. The molecule has 3 aliphatic heterocycles. The molecular formula is C37H36Cl2FN3O7. The number of ether oxygens (including phenoxy) is 4. The van der Waals surface area contributed by atoms with E-state index in [1.165, 1.54) is 43.6 Å². The first-order valence-electron chi connectivity index (χ1n) is 16.1. The second-order valence-electron chi connectivity index (χ2n) is 12.3. The maximum atomic E-state index is 14.4. The first-order chi connectivity index (χ1) is 24.1. The molecule has 3 aliphatic rings. The highest BCUT2D eigenvalue weighted by Gasteiger charge is 2.37. The fraction of sp³-hybridized carbons (Fsp3) is 0.324. The van der Waals surface area contributed by atoms with E-state index in [2.05, 4.69) is 9.88 Å². The smallest absolute Gasteiger partial charge is 0.414 e. The minimum Gasteiger partial charge on any atom is -0.508 e. The molecule has 2 bridgehead atoms. The number of fused-ring (bicyclic) bond motifs is 3. The predicted octanol–water partition coefficient (Wildman–Crippen LogP) is 7.63. The van der Waals surface area contributed by atoms with Crippen molar-refractivity contribution in [3.8, 4) is 17.2 Å². The fourth-order valence-corrected chi connectivity index (χ4v) is 6.96. The lowest BCUT2D eigenvalue weighted by Gasteiger charge is -2.44. The zero-order valence-electron chi connectivity index (χ0n) is 27.5. The molecule has 0 aliphatic carbocycles. The zero-order valence-corrected chi connectivity index (χ0v) is 29.0. The summed E-state index contributed by atoms with van der Waals surface area (Å²) in [7, 11) is 3.04. The van der Waals surface area contributed by atoms with Crippen molar-refractivity contribution < 1.29 is 38.0 Å². The number of phenolic OH excluding ortho intramolecular Hbond substituents is 1. The number of phenols is 1. The Morgan fingerprint density at radius 1 is 0.980 bits per heavy atom. The van der Waals surface area contributed by atoms with Crippen molar-refractivity contribution in [2.24, 2.45) is 5.92 Å². The Balaban J connectivity index is 1.22. The molecule has 4 heterocycles. The SMILES string of the molecule is COc1ccc([C@H](Cc2c(Cl)cncc2Cl)OC(=O)c2ccc(CN(C(=O)O[C@H]3CN4CCC3CC4)c3cc(O)cc(F)c3)cc2)cc1OC. The fourth-order valence-electron chi connectivity index (χ4n) is 6.44. The maximum absolute atomic E-state index is 14.4. The Kier molecular flexibility index (Phi) is 11.0. The van der Waals surface area contributed by atoms with Gasteiger partial charge in [-0.3, -0.25) is 14.8 Å². The van der Waals surface area contributed by atoms with Crippen LogP contribution >= 0.6 is 23.2 Å². The van der Waals surface area contributed by atoms with Crippen molar-refractivity contribution in [2.75, 3.05) is 38.8 Å². The summed E-state index contributed by atoms with van der Waals surface area (Å²) in [5, 5.41) is 10.8. The van der Waals surface area contributed by atoms with E-state index in [1.54, 1.807) is 42.5 Å². The van der Waals surface area contributed by atoms with Crippen LogP contribution in [0.25, 0.3) is 0 Å². The Hall–Kier alpha value is -4.58. The third-order valence-corrected chi connectivity index (χ3v) is 9.80. The number of amides is 1. The van der Waals surface area contributed by atoms with Gasteiger partial charge in [0.25, 0.3) is 0 Å². The van der Waals surface area contributed by atoms with Crippen molar-refractivity contribution in [3.05, 3.63) is 111 Å². The first-order valence-corrected chi connectivity index (χ1v) is 16.9. The van der Waals surface area contributed by atoms with E-state index >= 15 is 0 Å². The van der Waals surface area contributed by atoms with Gasteiger partial charge in [-0.2, -0.15) is 0 Å². The molecule has 0 unspecified atom stereocenters. The number of carbonyl (C=O) groups excluding carboxylic acids is 2. The largest absolute Gasteiger partial charge is 0.508 e. The van der Waals surface area contributed by atoms with Gasteiger partial charge in [-0.1, -0.05) is 41.4 Å². The summed E-state index contributed by atoms with van der Waals surface area (Å²) in [4.78, 5) is 34.7. The van der Waals surface area contributed by atoms with E-state index in [9.17, 15) is 19.1 Å². The number of hydrogen-bond acceptors (Lipinski definition) is 9. The summed E-state index contributed by atoms with van der Waals surface area (Å²) in [6.45, 7) is 2.61. The lowest BCUT2D eigenvalue weighted by atomic mass is 9.86. The van der Waals surface area contributed by atoms with Gasteiger partial charge in [0.2, 0.25) is 0 Å². The molecule has 0 radical (unpaired) electrons. The molecule has 13 heteroatoms. The van der Waals surface area contributed by atoms with Crippen molar-refractivity contribution in [1.82, 2.24) is 9.88 Å². The molecule has 4 aromatic rings. The number of rotatable bonds is 11. The third kappa shape index (κ3) is 8.07. The second-order valence-corrected chi connectivity index (χ2v) is 13.1. The summed E-state index contributed by atoms with van der Waals surface area (Å²) >= 11 is 12.9. The lowest BCUT2D eigenvalue weighted by molar-refractivity contribution is -0.0311. The normalized spacial score (nSPS) is 18.6. The van der Waals surface area contributed by atoms with Gasteiger partial charge in [0, 0.05) is 37.5 Å². The standard InChI is InChI=1S/C37H36Cl2FN3O7/c1-47-32-8-7-25(13-34(32)48-2)33(17-29-30(38)18-41-19-31(29)39)49-36(45)24-5-3-22(4-6-24)20-43(27-14-26(40)15-28(44)16-27)37(46)50-35-21-42-11-9-23(35)10-12-42/h3-8,13-16,18-19,23,33,35,44H,9-12,17,20-21H2,1-2H3/t33-,35-/m0/s1. The van der Waals surface area contributed by atoms with Gasteiger partial charge in [0.1, 0.15) is 23.8 Å². The number of aromatic nitrogens is 1. The molecule has 0 saturated carbocycles. The van der Waals surface area contributed by atoms with Crippen LogP contribution in [-0.2, 0) is 22.4 Å². The number of benzene rings is 3. The topological polar surface area (TPSA) is 111 Å². The summed E-state index contributed by atoms with van der Waals surface area (Å²) in [5.74, 6) is -0.413. The van der Waals surface area contributed by atoms with Crippen LogP contribution in [0.4, 0.5) is 14.9 Å². The molecule has 0 spiro atoms. The van der Waals surface area contributed by atoms with Gasteiger partial charge < -0.3 is 24.1 Å². The second kappa shape index (κ2) is 15.5. The van der Waals surface area contributed by atoms with E-state index in [1.807, 2.05) is 0 Å². The molecule has 1 N–H and O–H groups in total. The predicted molar refractivity (Wildman–Crippen MR) is 186 cm³/mol. The van der Waals surface area contributed by atoms with E-state index in [0.29, 0.717) is 44.8 Å². The maximum Gasteiger partial charge on any atom is 0.414 e. The minimum atomic E-state index is -0.823. The van der Waals surface area contributed by atoms with Gasteiger partial charge in [-0.25, -0.2) is 14.0 Å². The van der Waals surface area contributed by atoms with E-state index < -0.39 is 24.0 Å². The number of esters is 1. The Morgan fingerprint density at radius 3 is 2.30 bits per heavy atom. The minimum absolute atomic E-state index is 0.00847. The van der Waals surface area contributed by atoms with Crippen LogP contribution < -0.4 is 14.4 Å². The number of methoxy groups -OCH3 is 2. The monoisotopic (exact) mass is 723 g/mol. The number of nitrogens with zero attached hydrogens (tertiary/aromatic N) is 3. The molecular weight excluding hydrogens is 688 g/mol. The van der Waals surface area contributed by atoms with E-state index in [0.717, 1.165) is 32.0 Å². The van der Waals surface area contributed by atoms with E-state index in [-0.39, 0.29) is 42.0 Å². The van der Waals surface area contributed by atoms with Gasteiger partial charge in [0.05, 0.1) is 42.1 Å². The van der Waals surface area contributed by atoms with Gasteiger partial charge in [-0.05, 0) is 78.9 Å². The van der Waals surface area contributed by atoms with E-state index in [4.69, 9.17) is 42.1 Å². The lowest BCUT2D eigenvalue weighted by Crippen LogP contribution is -2.53. The van der Waals surface area contributed by atoms with Crippen molar-refractivity contribution in [1.29, 1.82) is 0 Å². The average molecular weight is 725 g/mol. The molecule has 7 rings (SSSR count). The Labute approximate surface area is 299 Å². The number of anilines is 1. The number of carbonyl (C=O) groups is 2. The number of pyridine rings is 1. The Morgan fingerprint density at radius 2 is 1.68 bits per heavy atom. The van der Waals surface area contributed by atoms with Crippen molar-refractivity contribution >= 4 is 41.0 Å². The molecule has 2 atom stereocenters. The van der Waals surface area contributed by atoms with Crippen LogP contribution in [0.2, 0.25) is 10.0 Å². The van der Waals surface area contributed by atoms with Gasteiger partial charge in [0.15, 0.2) is 11.5 Å². The van der Waals surface area contributed by atoms with Crippen LogP contribution in [0.5, 0.6) is 17.2 Å². The highest BCUT2D eigenvalue weighted by atomic mass is 35.5. The third-order valence-electron chi connectivity index (χ3n) is 9.15. The van der Waals surface area contributed by atoms with Crippen LogP contribution in [0, 0.1) is 11.7 Å². The Bertz CT molecular complexity index is 1810. The van der Waals surface area contributed by atoms with Gasteiger partial charge in [-0.15, -0.1) is 0 Å². The number of piperidine rings is 3. The van der Waals surface area contributed by atoms with Crippen LogP contribution in [0.15, 0.2) is 73.1 Å². The molecule has 50 heavy (non-hydrogen) atoms. The molecule has 3 saturated heterocycles. The molecule has 1 amide bonds. The molecule has 262 valence electrons. The zero-order chi connectivity index (χ0) is 35.4. The highest BCUT2D eigenvalue weighted by molar-refractivity contribution is 6.35. The molecule has 1 aromatic heterocycles. The summed E-state index contributed by atoms with van der Waals surface area (Å²) in [6.07, 6.45) is 3.24. The first kappa shape index (κ1) is 35.3. The number of halogens is 3. The molecule has 10 nitrogen and oxygen atoms in total. The quantitative estimate of drug-likeness (QED) is 0.156. The highest BCUT2D eigenvalue weighted by Crippen LogP contribution is 2.36. The molecule has 3 aromatic carbocycles. The van der Waals surface area contributed by atoms with Crippen LogP contribution in [0.3, 0.4) is 0 Å². The summed E-state index contributed by atoms with van der Waals surface area (Å²) in [5.41, 5.74) is 2.19. The average Bonchev–Trinajstić information content (AvgIpc) is 3.11. The van der Waals surface area contributed by atoms with Crippen molar-refractivity contribution in [2.45, 2.75) is 38.0 Å². The van der Waals surface area contributed by atoms with Crippen LogP contribution in [-0.4, -0.2) is 67.0 Å². The number of hydrogen-bond donors (Lipinski definition) is 1. The number of aromatic hydroxyl groups is 1. The van der Waals surface area contributed by atoms with Gasteiger partial charge >= 0.3 is 12.1 Å². The summed E-state index contributed by atoms with van der Waals surface area (Å²) in [6, 6.07) is 15.1.